The summed E-state index contributed by atoms with van der Waals surface area (Å²) in [7, 11) is 5.21. The molecular weight excluding hydrogens is 458 g/mol. The average molecular weight is 492 g/mol. The predicted molar refractivity (Wildman–Crippen MR) is 142 cm³/mol. The highest BCUT2D eigenvalue weighted by molar-refractivity contribution is 6.40. The number of nitrogens with one attached hydrogen (secondary N) is 1. The topological polar surface area (TPSA) is 103 Å². The van der Waals surface area contributed by atoms with Crippen LogP contribution in [-0.4, -0.2) is 80.8 Å². The maximum Gasteiger partial charge on any atom is 0.220 e. The minimum atomic E-state index is -0.523. The van der Waals surface area contributed by atoms with Gasteiger partial charge in [-0.3, -0.25) is 14.8 Å². The lowest BCUT2D eigenvalue weighted by Gasteiger charge is -2.36. The molecule has 0 bridgehead atoms. The second kappa shape index (κ2) is 9.07. The molecule has 1 fully saturated rings. The molecule has 0 radical (unpaired) electrons. The van der Waals surface area contributed by atoms with E-state index in [0.717, 1.165) is 30.2 Å². The maximum absolute atomic E-state index is 11.9. The van der Waals surface area contributed by atoms with Gasteiger partial charge in [-0.25, -0.2) is 9.98 Å². The summed E-state index contributed by atoms with van der Waals surface area (Å²) in [6.45, 7) is 5.48. The van der Waals surface area contributed by atoms with Gasteiger partial charge in [-0.05, 0) is 26.3 Å². The summed E-state index contributed by atoms with van der Waals surface area (Å²) >= 11 is 0. The smallest absolute Gasteiger partial charge is 0.220 e. The van der Waals surface area contributed by atoms with Crippen molar-refractivity contribution in [2.45, 2.75) is 44.7 Å². The Kier molecular flexibility index (Phi) is 6.05. The normalized spacial score (nSPS) is 28.8. The number of fused-ring (bicyclic) bond motifs is 1. The van der Waals surface area contributed by atoms with Crippen LogP contribution in [0.25, 0.3) is 0 Å². The first kappa shape index (κ1) is 24.0. The SMILES string of the molecule is COc1cc(OC)cc(N(CC2CCC(=O)N2)C2=CCC3(C)N=CC(C4(C)C=NN(C)C4)=NC3=N2)c1. The van der Waals surface area contributed by atoms with E-state index < -0.39 is 5.54 Å². The Morgan fingerprint density at radius 2 is 1.92 bits per heavy atom. The lowest BCUT2D eigenvalue weighted by atomic mass is 9.84. The number of anilines is 1. The zero-order chi connectivity index (χ0) is 25.5. The third-order valence-corrected chi connectivity index (χ3v) is 7.18. The number of benzene rings is 1. The number of carbonyl (C=O) groups is 1. The number of aliphatic imine (C=N–C) groups is 3. The quantitative estimate of drug-likeness (QED) is 0.632. The summed E-state index contributed by atoms with van der Waals surface area (Å²) in [4.78, 5) is 29.0. The van der Waals surface area contributed by atoms with Crippen molar-refractivity contribution in [3.8, 4) is 11.5 Å². The Morgan fingerprint density at radius 1 is 1.17 bits per heavy atom. The molecule has 3 unspecified atom stereocenters. The Hall–Kier alpha value is -3.69. The summed E-state index contributed by atoms with van der Waals surface area (Å²) in [5, 5.41) is 9.40. The van der Waals surface area contributed by atoms with Crippen LogP contribution in [0, 0.1) is 5.41 Å². The van der Waals surface area contributed by atoms with E-state index in [1.807, 2.05) is 42.7 Å². The molecule has 4 aliphatic heterocycles. The molecule has 190 valence electrons. The van der Waals surface area contributed by atoms with Crippen molar-refractivity contribution in [1.82, 2.24) is 10.3 Å². The highest BCUT2D eigenvalue weighted by Crippen LogP contribution is 2.36. The van der Waals surface area contributed by atoms with E-state index in [9.17, 15) is 4.79 Å². The molecule has 1 saturated heterocycles. The molecule has 0 saturated carbocycles. The van der Waals surface area contributed by atoms with E-state index in [4.69, 9.17) is 24.5 Å². The second-order valence-corrected chi connectivity index (χ2v) is 10.2. The second-order valence-electron chi connectivity index (χ2n) is 10.2. The van der Waals surface area contributed by atoms with Gasteiger partial charge in [0.25, 0.3) is 0 Å². The summed E-state index contributed by atoms with van der Waals surface area (Å²) in [5.41, 5.74) is 0.874. The fourth-order valence-electron chi connectivity index (χ4n) is 4.95. The molecule has 4 aliphatic rings. The van der Waals surface area contributed by atoms with Gasteiger partial charge in [0, 0.05) is 68.8 Å². The molecule has 3 atom stereocenters. The fourth-order valence-corrected chi connectivity index (χ4v) is 4.95. The maximum atomic E-state index is 11.9. The van der Waals surface area contributed by atoms with Gasteiger partial charge in [-0.1, -0.05) is 0 Å². The Bertz CT molecular complexity index is 1200. The monoisotopic (exact) mass is 491 g/mol. The minimum Gasteiger partial charge on any atom is -0.497 e. The number of amidine groups is 1. The van der Waals surface area contributed by atoms with Crippen LogP contribution in [0.1, 0.15) is 33.1 Å². The number of amides is 1. The molecule has 1 amide bonds. The number of hydrazone groups is 1. The molecule has 10 nitrogen and oxygen atoms in total. The third kappa shape index (κ3) is 4.47. The largest absolute Gasteiger partial charge is 0.497 e. The minimum absolute atomic E-state index is 0.0108. The van der Waals surface area contributed by atoms with Crippen LogP contribution in [0.5, 0.6) is 11.5 Å². The van der Waals surface area contributed by atoms with E-state index in [1.165, 1.54) is 0 Å². The fraction of sp³-hybridized carbons (Fsp3) is 0.500. The molecule has 1 N–H and O–H groups in total. The van der Waals surface area contributed by atoms with E-state index in [1.54, 1.807) is 14.2 Å². The zero-order valence-electron chi connectivity index (χ0n) is 21.5. The summed E-state index contributed by atoms with van der Waals surface area (Å²) < 4.78 is 11.1. The van der Waals surface area contributed by atoms with Crippen LogP contribution < -0.4 is 19.7 Å². The standard InChI is InChI=1S/C26H33N7O3/c1-25(15-28-32(3)16-25)21-13-27-26(2)9-8-22(31-24(26)30-21)33(14-17-6-7-23(34)29-17)18-10-19(35-4)12-20(11-18)36-5/h8,10-13,15,17H,6-7,9,14,16H2,1-5H3,(H,29,34). The van der Waals surface area contributed by atoms with Crippen molar-refractivity contribution >= 4 is 35.6 Å². The van der Waals surface area contributed by atoms with Crippen molar-refractivity contribution in [3.63, 3.8) is 0 Å². The average Bonchev–Trinajstić information content (AvgIpc) is 3.45. The zero-order valence-corrected chi connectivity index (χ0v) is 21.5. The van der Waals surface area contributed by atoms with Crippen LogP contribution in [0.4, 0.5) is 5.69 Å². The Balaban J connectivity index is 1.53. The van der Waals surface area contributed by atoms with Gasteiger partial charge >= 0.3 is 0 Å². The predicted octanol–water partition coefficient (Wildman–Crippen LogP) is 2.65. The highest BCUT2D eigenvalue weighted by Gasteiger charge is 2.41. The number of hydrogen-bond donors (Lipinski definition) is 1. The number of methoxy groups -OCH3 is 2. The van der Waals surface area contributed by atoms with Gasteiger partial charge in [0.05, 0.1) is 31.9 Å². The van der Waals surface area contributed by atoms with Gasteiger partial charge in [-0.2, -0.15) is 5.10 Å². The van der Waals surface area contributed by atoms with Gasteiger partial charge in [0.2, 0.25) is 5.91 Å². The van der Waals surface area contributed by atoms with Crippen molar-refractivity contribution in [2.24, 2.45) is 25.5 Å². The molecule has 4 heterocycles. The highest BCUT2D eigenvalue weighted by atomic mass is 16.5. The van der Waals surface area contributed by atoms with Gasteiger partial charge in [0.15, 0.2) is 5.84 Å². The van der Waals surface area contributed by atoms with E-state index in [2.05, 4.69) is 35.2 Å². The number of rotatable bonds is 7. The van der Waals surface area contributed by atoms with Crippen molar-refractivity contribution in [1.29, 1.82) is 0 Å². The first-order valence-corrected chi connectivity index (χ1v) is 12.2. The molecule has 0 aromatic heterocycles. The van der Waals surface area contributed by atoms with Crippen molar-refractivity contribution in [2.75, 3.05) is 39.3 Å². The van der Waals surface area contributed by atoms with Gasteiger partial charge in [-0.15, -0.1) is 0 Å². The first-order valence-electron chi connectivity index (χ1n) is 12.2. The molecule has 0 aliphatic carbocycles. The molecule has 10 heteroatoms. The first-order chi connectivity index (χ1) is 17.2. The molecule has 1 aromatic carbocycles. The van der Waals surface area contributed by atoms with Crippen LogP contribution in [0.3, 0.4) is 0 Å². The van der Waals surface area contributed by atoms with Crippen LogP contribution in [-0.2, 0) is 4.79 Å². The van der Waals surface area contributed by atoms with E-state index in [0.29, 0.717) is 36.7 Å². The van der Waals surface area contributed by atoms with Crippen molar-refractivity contribution < 1.29 is 14.3 Å². The van der Waals surface area contributed by atoms with Crippen LogP contribution in [0.15, 0.2) is 50.2 Å². The summed E-state index contributed by atoms with van der Waals surface area (Å²) in [6, 6.07) is 5.75. The number of hydrogen-bond acceptors (Lipinski definition) is 9. The van der Waals surface area contributed by atoms with Gasteiger partial charge < -0.3 is 19.7 Å². The molecule has 5 rings (SSSR count). The third-order valence-electron chi connectivity index (χ3n) is 7.18. The number of ether oxygens (including phenoxy) is 2. The van der Waals surface area contributed by atoms with Crippen molar-refractivity contribution in [3.05, 3.63) is 30.1 Å². The lowest BCUT2D eigenvalue weighted by Crippen LogP contribution is -2.45. The van der Waals surface area contributed by atoms with Crippen LogP contribution in [0.2, 0.25) is 0 Å². The molecule has 0 spiro atoms. The summed E-state index contributed by atoms with van der Waals surface area (Å²) in [6.07, 6.45) is 7.86. The molecule has 1 aromatic rings. The van der Waals surface area contributed by atoms with E-state index in [-0.39, 0.29) is 17.4 Å². The molecule has 36 heavy (non-hydrogen) atoms. The van der Waals surface area contributed by atoms with Gasteiger partial charge in [0.1, 0.15) is 22.9 Å². The number of carbonyl (C=O) groups excluding carboxylic acids is 1. The summed E-state index contributed by atoms with van der Waals surface area (Å²) in [5.74, 6) is 2.88. The Labute approximate surface area is 211 Å². The lowest BCUT2D eigenvalue weighted by molar-refractivity contribution is -0.119. The molecular formula is C26H33N7O3. The Morgan fingerprint density at radius 3 is 2.53 bits per heavy atom. The van der Waals surface area contributed by atoms with E-state index >= 15 is 0 Å². The van der Waals surface area contributed by atoms with Crippen LogP contribution >= 0.6 is 0 Å². The number of nitrogens with zero attached hydrogens (tertiary/aromatic N) is 6.